The van der Waals surface area contributed by atoms with Gasteiger partial charge in [-0.25, -0.2) is 4.99 Å². The largest absolute Gasteiger partial charge is 0.356 e. The van der Waals surface area contributed by atoms with Crippen LogP contribution in [0.1, 0.15) is 55.2 Å². The Labute approximate surface area is 249 Å². The fourth-order valence-electron chi connectivity index (χ4n) is 8.07. The third-order valence-corrected chi connectivity index (χ3v) is 10.5. The van der Waals surface area contributed by atoms with Crippen LogP contribution in [0, 0.1) is 29.6 Å². The highest BCUT2D eigenvalue weighted by atomic mass is 16.5. The zero-order valence-corrected chi connectivity index (χ0v) is 25.1. The summed E-state index contributed by atoms with van der Waals surface area (Å²) in [6, 6.07) is 8.66. The van der Waals surface area contributed by atoms with E-state index in [1.807, 2.05) is 0 Å². The van der Waals surface area contributed by atoms with Gasteiger partial charge < -0.3 is 19.4 Å². The van der Waals surface area contributed by atoms with Crippen LogP contribution in [-0.2, 0) is 27.2 Å². The van der Waals surface area contributed by atoms with Gasteiger partial charge in [-0.2, -0.15) is 5.26 Å². The molecule has 3 heterocycles. The van der Waals surface area contributed by atoms with Crippen LogP contribution in [0.3, 0.4) is 0 Å². The van der Waals surface area contributed by atoms with Crippen LogP contribution in [0.25, 0.3) is 0 Å². The van der Waals surface area contributed by atoms with Crippen molar-refractivity contribution in [3.8, 4) is 6.07 Å². The predicted molar refractivity (Wildman–Crippen MR) is 161 cm³/mol. The van der Waals surface area contributed by atoms with Gasteiger partial charge in [0.15, 0.2) is 5.78 Å². The van der Waals surface area contributed by atoms with E-state index < -0.39 is 6.35 Å². The molecule has 2 aliphatic carbocycles. The number of rotatable bonds is 5. The summed E-state index contributed by atoms with van der Waals surface area (Å²) >= 11 is 0. The summed E-state index contributed by atoms with van der Waals surface area (Å²) in [7, 11) is 2.14. The zero-order valence-electron chi connectivity index (χ0n) is 25.1. The molecule has 1 saturated carbocycles. The maximum absolute atomic E-state index is 14.6. The number of hydrogen-bond donors (Lipinski definition) is 1. The van der Waals surface area contributed by atoms with Crippen molar-refractivity contribution in [2.45, 2.75) is 82.8 Å². The quantitative estimate of drug-likeness (QED) is 0.542. The van der Waals surface area contributed by atoms with Gasteiger partial charge in [-0.3, -0.25) is 14.9 Å². The van der Waals surface area contributed by atoms with Crippen molar-refractivity contribution < 1.29 is 14.3 Å². The van der Waals surface area contributed by atoms with Crippen LogP contribution in [0.4, 0.5) is 0 Å². The number of nitrogens with zero attached hydrogens (tertiary/aromatic N) is 5. The van der Waals surface area contributed by atoms with Gasteiger partial charge in [0.25, 0.3) is 0 Å². The summed E-state index contributed by atoms with van der Waals surface area (Å²) in [6.07, 6.45) is 7.55. The van der Waals surface area contributed by atoms with Crippen molar-refractivity contribution in [1.82, 2.24) is 20.0 Å². The summed E-state index contributed by atoms with van der Waals surface area (Å²) in [5.41, 5.74) is 3.56. The maximum atomic E-state index is 14.6. The van der Waals surface area contributed by atoms with Crippen LogP contribution < -0.4 is 5.32 Å². The number of amides is 1. The molecule has 0 radical (unpaired) electrons. The minimum absolute atomic E-state index is 0.0552. The summed E-state index contributed by atoms with van der Waals surface area (Å²) in [6.45, 7) is 9.02. The van der Waals surface area contributed by atoms with E-state index in [0.717, 1.165) is 57.3 Å². The number of nitriles is 1. The highest BCUT2D eigenvalue weighted by Gasteiger charge is 2.53. The molecule has 224 valence electrons. The van der Waals surface area contributed by atoms with Gasteiger partial charge >= 0.3 is 0 Å². The molecular formula is C33H44N6O3. The Kier molecular flexibility index (Phi) is 8.23. The van der Waals surface area contributed by atoms with Gasteiger partial charge in [-0.15, -0.1) is 0 Å². The van der Waals surface area contributed by atoms with E-state index in [1.54, 1.807) is 4.90 Å². The number of amidine groups is 1. The molecular weight excluding hydrogens is 528 g/mol. The molecule has 5 aliphatic rings. The number of nitrogens with one attached hydrogen (secondary N) is 1. The molecule has 6 atom stereocenters. The number of Topliss-reactive ketones (excluding diaryl/α,β-unsaturated/α-hetero) is 1. The van der Waals surface area contributed by atoms with E-state index in [9.17, 15) is 14.9 Å². The van der Waals surface area contributed by atoms with E-state index >= 15 is 0 Å². The number of hydrogen-bond acceptors (Lipinski definition) is 8. The number of likely N-dealkylation sites (N-methyl/N-ethyl adjacent to an activating group) is 1. The molecule has 1 amide bonds. The van der Waals surface area contributed by atoms with Crippen molar-refractivity contribution in [2.75, 3.05) is 39.8 Å². The first-order valence-corrected chi connectivity index (χ1v) is 15.6. The minimum Gasteiger partial charge on any atom is -0.356 e. The molecule has 0 aromatic heterocycles. The van der Waals surface area contributed by atoms with E-state index in [1.165, 1.54) is 22.8 Å². The zero-order chi connectivity index (χ0) is 29.4. The topological polar surface area (TPSA) is 101 Å². The second-order valence-corrected chi connectivity index (χ2v) is 13.0. The molecule has 1 aromatic rings. The molecule has 9 heteroatoms. The van der Waals surface area contributed by atoms with Gasteiger partial charge in [-0.1, -0.05) is 30.3 Å². The van der Waals surface area contributed by atoms with Crippen LogP contribution in [0.5, 0.6) is 0 Å². The van der Waals surface area contributed by atoms with Crippen LogP contribution >= 0.6 is 0 Å². The van der Waals surface area contributed by atoms with Crippen LogP contribution in [0.2, 0.25) is 0 Å². The minimum atomic E-state index is -0.602. The van der Waals surface area contributed by atoms with Crippen molar-refractivity contribution >= 4 is 17.5 Å². The van der Waals surface area contributed by atoms with Gasteiger partial charge in [0.1, 0.15) is 5.84 Å². The molecule has 3 aliphatic heterocycles. The van der Waals surface area contributed by atoms with Crippen molar-refractivity contribution in [3.63, 3.8) is 0 Å². The van der Waals surface area contributed by atoms with E-state index in [2.05, 4.69) is 59.9 Å². The number of aliphatic imine (C=N–C) groups is 1. The number of fused-ring (bicyclic) bond motifs is 2. The number of ketones is 1. The van der Waals surface area contributed by atoms with Crippen molar-refractivity contribution in [3.05, 3.63) is 47.5 Å². The molecule has 6 rings (SSSR count). The van der Waals surface area contributed by atoms with Crippen LogP contribution in [0.15, 0.2) is 35.8 Å². The predicted octanol–water partition coefficient (Wildman–Crippen LogP) is 2.83. The highest BCUT2D eigenvalue weighted by Crippen LogP contribution is 2.47. The first kappa shape index (κ1) is 29.0. The first-order chi connectivity index (χ1) is 20.3. The lowest BCUT2D eigenvalue weighted by Gasteiger charge is -2.51. The lowest BCUT2D eigenvalue weighted by atomic mass is 9.59. The smallest absolute Gasteiger partial charge is 0.246 e. The van der Waals surface area contributed by atoms with Gasteiger partial charge in [-0.05, 0) is 82.7 Å². The van der Waals surface area contributed by atoms with Gasteiger partial charge in [0, 0.05) is 37.0 Å². The average molecular weight is 573 g/mol. The Morgan fingerprint density at radius 2 is 2.10 bits per heavy atom. The Hall–Kier alpha value is -3.06. The molecule has 2 saturated heterocycles. The summed E-state index contributed by atoms with van der Waals surface area (Å²) < 4.78 is 6.41. The Bertz CT molecular complexity index is 1300. The first-order valence-electron chi connectivity index (χ1n) is 15.6. The second kappa shape index (κ2) is 11.9. The van der Waals surface area contributed by atoms with E-state index in [-0.39, 0.29) is 35.7 Å². The monoisotopic (exact) mass is 572 g/mol. The number of carbonyl (C=O) groups excluding carboxylic acids is 2. The Balaban J connectivity index is 1.27. The third kappa shape index (κ3) is 5.41. The average Bonchev–Trinajstić information content (AvgIpc) is 3.41. The molecule has 42 heavy (non-hydrogen) atoms. The van der Waals surface area contributed by atoms with Crippen molar-refractivity contribution in [1.29, 1.82) is 5.26 Å². The van der Waals surface area contributed by atoms with E-state index in [4.69, 9.17) is 9.73 Å². The highest BCUT2D eigenvalue weighted by molar-refractivity contribution is 5.99. The summed E-state index contributed by atoms with van der Waals surface area (Å²) in [5.74, 6) is 0.983. The second-order valence-electron chi connectivity index (χ2n) is 13.0. The van der Waals surface area contributed by atoms with E-state index in [0.29, 0.717) is 38.1 Å². The number of ether oxygens (including phenoxy) is 1. The Morgan fingerprint density at radius 1 is 1.24 bits per heavy atom. The molecule has 5 unspecified atom stereocenters. The maximum Gasteiger partial charge on any atom is 0.246 e. The van der Waals surface area contributed by atoms with Gasteiger partial charge in [0.05, 0.1) is 31.2 Å². The SMILES string of the molecule is C=CC(=O)N1CCN(C2=NC(OCC3CCCN3C)NC3C(=O)[C@]4(CCc5ccc(C)cc5C4)CCC23)CC1CC#N. The Morgan fingerprint density at radius 3 is 2.86 bits per heavy atom. The lowest BCUT2D eigenvalue weighted by Crippen LogP contribution is -2.66. The van der Waals surface area contributed by atoms with Crippen LogP contribution in [-0.4, -0.2) is 96.5 Å². The number of piperazine rings is 1. The fraction of sp³-hybridized carbons (Fsp3) is 0.636. The molecule has 3 fully saturated rings. The molecule has 9 nitrogen and oxygen atoms in total. The number of aryl methyl sites for hydroxylation is 2. The fourth-order valence-corrected chi connectivity index (χ4v) is 8.07. The summed E-state index contributed by atoms with van der Waals surface area (Å²) in [5, 5.41) is 13.1. The lowest BCUT2D eigenvalue weighted by molar-refractivity contribution is -0.139. The molecule has 1 N–H and O–H groups in total. The molecule has 1 aromatic carbocycles. The normalized spacial score (nSPS) is 33.1. The number of benzene rings is 1. The molecule has 1 spiro atoms. The molecule has 0 bridgehead atoms. The van der Waals surface area contributed by atoms with Crippen molar-refractivity contribution in [2.24, 2.45) is 16.3 Å². The number of carbonyl (C=O) groups is 2. The third-order valence-electron chi connectivity index (χ3n) is 10.5. The van der Waals surface area contributed by atoms with Gasteiger partial charge in [0.2, 0.25) is 12.3 Å². The summed E-state index contributed by atoms with van der Waals surface area (Å²) in [4.78, 5) is 38.5. The standard InChI is InChI=1S/C33H44N6O3/c1-4-28(40)39-17-16-38(20-25(39)11-14-34)31-27-10-13-33(12-9-23-8-7-22(2)18-24(23)19-33)30(41)29(27)35-32(36-31)42-21-26-6-5-15-37(26)3/h4,7-8,18,25-27,29,32,35H,1,5-6,9-13,15-17,19-21H2,2-3H3/t25?,26?,27?,29?,32?,33-/m1/s1. The number of likely N-dealkylation sites (tertiary alicyclic amines) is 1.